The van der Waals surface area contributed by atoms with Crippen molar-refractivity contribution in [1.82, 2.24) is 25.2 Å². The van der Waals surface area contributed by atoms with E-state index in [1.54, 1.807) is 0 Å². The van der Waals surface area contributed by atoms with Crippen molar-refractivity contribution in [2.45, 2.75) is 62.3 Å². The van der Waals surface area contributed by atoms with E-state index >= 15 is 4.39 Å². The highest BCUT2D eigenvalue weighted by atomic mass is 32.1. The Morgan fingerprint density at radius 3 is 2.66 bits per heavy atom. The Balaban J connectivity index is 1.30. The van der Waals surface area contributed by atoms with Gasteiger partial charge in [0.15, 0.2) is 10.9 Å². The van der Waals surface area contributed by atoms with Crippen molar-refractivity contribution in [3.05, 3.63) is 35.4 Å². The number of benzene rings is 2. The van der Waals surface area contributed by atoms with Gasteiger partial charge < -0.3 is 20.7 Å². The number of halogens is 5. The molecule has 8 rings (SSSR count). The fourth-order valence-electron chi connectivity index (χ4n) is 7.77. The molecule has 14 heteroatoms. The molecule has 4 aromatic rings. The first kappa shape index (κ1) is 28.1. The SMILES string of the molecule is Nc1nc2c(-c3c(C(F)F)cc4c(N5C[C@H]6CC[C@@H](C5)N6)nc(OC[C@@]56CCCN5C[C@H](F)C6)nc4c3F)ccc(F)c2s1. The second kappa shape index (κ2) is 10.3. The van der Waals surface area contributed by atoms with E-state index in [1.165, 1.54) is 12.1 Å². The highest BCUT2D eigenvalue weighted by Crippen LogP contribution is 2.45. The van der Waals surface area contributed by atoms with Crippen LogP contribution in [-0.4, -0.2) is 76.4 Å². The van der Waals surface area contributed by atoms with Gasteiger partial charge in [0.1, 0.15) is 29.9 Å². The molecule has 44 heavy (non-hydrogen) atoms. The van der Waals surface area contributed by atoms with Crippen molar-refractivity contribution in [1.29, 1.82) is 0 Å². The molecular formula is C30H30F5N7OS. The number of hydrogen-bond donors (Lipinski definition) is 2. The van der Waals surface area contributed by atoms with E-state index in [4.69, 9.17) is 10.5 Å². The van der Waals surface area contributed by atoms with Crippen LogP contribution in [0.3, 0.4) is 0 Å². The molecule has 0 spiro atoms. The first-order chi connectivity index (χ1) is 21.2. The summed E-state index contributed by atoms with van der Waals surface area (Å²) < 4.78 is 81.5. The van der Waals surface area contributed by atoms with Crippen LogP contribution in [0.1, 0.15) is 44.1 Å². The molecule has 0 amide bonds. The third kappa shape index (κ3) is 4.47. The predicted molar refractivity (Wildman–Crippen MR) is 158 cm³/mol. The Bertz CT molecular complexity index is 1780. The number of thiazole rings is 1. The van der Waals surface area contributed by atoms with Crippen LogP contribution in [0.4, 0.5) is 32.9 Å². The minimum absolute atomic E-state index is 0.000446. The standard InChI is InChI=1S/C30H30F5N7OS/c31-14-9-30(6-1-7-42(30)10-14)13-43-29-39-23-19(27(40-29)41-11-15-2-3-16(12-41)37-15)8-18(26(34)35)21(22(23)33)17-4-5-20(32)25-24(17)38-28(36)44-25/h4-5,8,14-16,26,37H,1-3,6-7,9-13H2,(H2,36,38)/t14-,15-,16+,30+/m1/s1. The fourth-order valence-corrected chi connectivity index (χ4v) is 8.54. The second-order valence-corrected chi connectivity index (χ2v) is 13.4. The average Bonchev–Trinajstić information content (AvgIpc) is 3.74. The zero-order chi connectivity index (χ0) is 30.3. The van der Waals surface area contributed by atoms with Gasteiger partial charge in [0, 0.05) is 60.2 Å². The molecule has 4 aliphatic rings. The molecule has 2 aromatic heterocycles. The third-order valence-electron chi connectivity index (χ3n) is 9.68. The van der Waals surface area contributed by atoms with Crippen LogP contribution in [0.15, 0.2) is 18.2 Å². The lowest BCUT2D eigenvalue weighted by Crippen LogP contribution is -2.51. The summed E-state index contributed by atoms with van der Waals surface area (Å²) in [5.74, 6) is -1.32. The smallest absolute Gasteiger partial charge is 0.319 e. The Morgan fingerprint density at radius 1 is 1.09 bits per heavy atom. The molecule has 2 aromatic carbocycles. The minimum Gasteiger partial charge on any atom is -0.461 e. The molecular weight excluding hydrogens is 601 g/mol. The predicted octanol–water partition coefficient (Wildman–Crippen LogP) is 5.60. The van der Waals surface area contributed by atoms with Gasteiger partial charge in [-0.2, -0.15) is 9.97 Å². The quantitative estimate of drug-likeness (QED) is 0.266. The summed E-state index contributed by atoms with van der Waals surface area (Å²) in [5.41, 5.74) is 4.16. The number of nitrogens with one attached hydrogen (secondary N) is 1. The van der Waals surface area contributed by atoms with Crippen molar-refractivity contribution in [3.8, 4) is 17.1 Å². The maximum atomic E-state index is 16.8. The summed E-state index contributed by atoms with van der Waals surface area (Å²) in [4.78, 5) is 17.4. The normalized spacial score (nSPS) is 26.9. The Labute approximate surface area is 253 Å². The third-order valence-corrected chi connectivity index (χ3v) is 10.6. The van der Waals surface area contributed by atoms with E-state index in [9.17, 15) is 17.6 Å². The van der Waals surface area contributed by atoms with Crippen molar-refractivity contribution in [3.63, 3.8) is 0 Å². The molecule has 0 aliphatic carbocycles. The molecule has 2 bridgehead atoms. The summed E-state index contributed by atoms with van der Waals surface area (Å²) in [5, 5.41) is 3.71. The van der Waals surface area contributed by atoms with Crippen LogP contribution in [0.2, 0.25) is 0 Å². The maximum absolute atomic E-state index is 16.8. The van der Waals surface area contributed by atoms with Gasteiger partial charge >= 0.3 is 6.01 Å². The topological polar surface area (TPSA) is 92.4 Å². The minimum atomic E-state index is -3.06. The molecule has 0 unspecified atom stereocenters. The number of nitrogens with two attached hydrogens (primary N) is 1. The highest BCUT2D eigenvalue weighted by Gasteiger charge is 2.49. The van der Waals surface area contributed by atoms with E-state index in [1.807, 2.05) is 4.90 Å². The van der Waals surface area contributed by atoms with Gasteiger partial charge in [-0.15, -0.1) is 0 Å². The summed E-state index contributed by atoms with van der Waals surface area (Å²) in [6.07, 6.45) is -0.0616. The monoisotopic (exact) mass is 631 g/mol. The van der Waals surface area contributed by atoms with Crippen LogP contribution >= 0.6 is 11.3 Å². The van der Waals surface area contributed by atoms with Gasteiger partial charge in [-0.25, -0.2) is 26.9 Å². The Kier molecular flexibility index (Phi) is 6.61. The van der Waals surface area contributed by atoms with Gasteiger partial charge in [0.25, 0.3) is 6.43 Å². The number of nitrogen functional groups attached to an aromatic ring is 1. The van der Waals surface area contributed by atoms with Gasteiger partial charge in [0.2, 0.25) is 0 Å². The number of rotatable bonds is 6. The van der Waals surface area contributed by atoms with Crippen LogP contribution in [0.5, 0.6) is 6.01 Å². The zero-order valence-electron chi connectivity index (χ0n) is 23.6. The molecule has 4 saturated heterocycles. The Morgan fingerprint density at radius 2 is 1.89 bits per heavy atom. The number of nitrogens with zero attached hydrogens (tertiary/aromatic N) is 5. The molecule has 3 N–H and O–H groups in total. The van der Waals surface area contributed by atoms with E-state index in [0.29, 0.717) is 31.9 Å². The van der Waals surface area contributed by atoms with Gasteiger partial charge in [-0.3, -0.25) is 4.90 Å². The van der Waals surface area contributed by atoms with Crippen LogP contribution in [-0.2, 0) is 0 Å². The number of anilines is 2. The van der Waals surface area contributed by atoms with Crippen LogP contribution in [0, 0.1) is 11.6 Å². The molecule has 8 nitrogen and oxygen atoms in total. The number of ether oxygens (including phenoxy) is 1. The number of hydrogen-bond acceptors (Lipinski definition) is 9. The largest absolute Gasteiger partial charge is 0.461 e. The number of aromatic nitrogens is 3. The maximum Gasteiger partial charge on any atom is 0.319 e. The molecule has 4 atom stereocenters. The fraction of sp³-hybridized carbons (Fsp3) is 0.500. The number of alkyl halides is 3. The van der Waals surface area contributed by atoms with Crippen molar-refractivity contribution in [2.75, 3.05) is 43.4 Å². The summed E-state index contributed by atoms with van der Waals surface area (Å²) >= 11 is 0.860. The first-order valence-electron chi connectivity index (χ1n) is 14.9. The number of piperazine rings is 1. The molecule has 6 heterocycles. The van der Waals surface area contributed by atoms with Crippen molar-refractivity contribution in [2.24, 2.45) is 0 Å². The second-order valence-electron chi connectivity index (χ2n) is 12.4. The lowest BCUT2D eigenvalue weighted by Gasteiger charge is -2.35. The van der Waals surface area contributed by atoms with Crippen molar-refractivity contribution < 1.29 is 26.7 Å². The summed E-state index contributed by atoms with van der Waals surface area (Å²) in [6.45, 7) is 2.38. The number of fused-ring (bicyclic) bond motifs is 5. The zero-order valence-corrected chi connectivity index (χ0v) is 24.4. The van der Waals surface area contributed by atoms with Gasteiger partial charge in [0.05, 0.1) is 15.8 Å². The summed E-state index contributed by atoms with van der Waals surface area (Å²) in [6, 6.07) is 3.84. The molecule has 4 fully saturated rings. The molecule has 4 aliphatic heterocycles. The molecule has 0 radical (unpaired) electrons. The lowest BCUT2D eigenvalue weighted by atomic mass is 9.95. The van der Waals surface area contributed by atoms with E-state index in [2.05, 4.69) is 25.2 Å². The van der Waals surface area contributed by atoms with Crippen molar-refractivity contribution >= 4 is 43.4 Å². The lowest BCUT2D eigenvalue weighted by molar-refractivity contribution is 0.107. The molecule has 0 saturated carbocycles. The van der Waals surface area contributed by atoms with E-state index in [0.717, 1.165) is 49.6 Å². The highest BCUT2D eigenvalue weighted by molar-refractivity contribution is 7.22. The van der Waals surface area contributed by atoms with Crippen LogP contribution in [0.25, 0.3) is 32.2 Å². The van der Waals surface area contributed by atoms with E-state index < -0.39 is 40.9 Å². The van der Waals surface area contributed by atoms with Gasteiger partial charge in [-0.05, 0) is 50.4 Å². The molecule has 232 valence electrons. The summed E-state index contributed by atoms with van der Waals surface area (Å²) in [7, 11) is 0. The van der Waals surface area contributed by atoms with Gasteiger partial charge in [-0.1, -0.05) is 11.3 Å². The first-order valence-corrected chi connectivity index (χ1v) is 15.7. The average molecular weight is 632 g/mol. The Hall–Kier alpha value is -3.36. The van der Waals surface area contributed by atoms with E-state index in [-0.39, 0.29) is 56.5 Å². The van der Waals surface area contributed by atoms with Crippen LogP contribution < -0.4 is 20.7 Å².